The lowest BCUT2D eigenvalue weighted by Gasteiger charge is -2.06. The van der Waals surface area contributed by atoms with Crippen molar-refractivity contribution in [3.8, 4) is 11.1 Å². The van der Waals surface area contributed by atoms with Gasteiger partial charge in [-0.1, -0.05) is 48.0 Å². The molecule has 156 valence electrons. The molecule has 0 aliphatic carbocycles. The minimum atomic E-state index is -0.491. The summed E-state index contributed by atoms with van der Waals surface area (Å²) in [5, 5.41) is 4.99. The van der Waals surface area contributed by atoms with Crippen molar-refractivity contribution < 1.29 is 14.3 Å². The van der Waals surface area contributed by atoms with Crippen LogP contribution in [0.2, 0.25) is 5.15 Å². The Labute approximate surface area is 187 Å². The molecular formula is C23H18ClN3O3S. The van der Waals surface area contributed by atoms with Crippen LogP contribution in [0.5, 0.6) is 0 Å². The Bertz CT molecular complexity index is 1260. The fourth-order valence-electron chi connectivity index (χ4n) is 3.09. The Balaban J connectivity index is 1.77. The predicted octanol–water partition coefficient (Wildman–Crippen LogP) is 4.83. The molecule has 3 heterocycles. The van der Waals surface area contributed by atoms with Crippen LogP contribution >= 0.6 is 22.9 Å². The van der Waals surface area contributed by atoms with Gasteiger partial charge in [0.2, 0.25) is 0 Å². The van der Waals surface area contributed by atoms with E-state index < -0.39 is 5.97 Å². The van der Waals surface area contributed by atoms with Gasteiger partial charge in [-0.15, -0.1) is 11.3 Å². The highest BCUT2D eigenvalue weighted by Gasteiger charge is 2.20. The van der Waals surface area contributed by atoms with E-state index in [9.17, 15) is 9.59 Å². The molecule has 6 nitrogen and oxygen atoms in total. The van der Waals surface area contributed by atoms with Crippen molar-refractivity contribution in [3.63, 3.8) is 0 Å². The first-order valence-electron chi connectivity index (χ1n) is 9.40. The lowest BCUT2D eigenvalue weighted by Crippen LogP contribution is -2.23. The normalized spacial score (nSPS) is 11.2. The number of methoxy groups -OCH3 is 1. The second kappa shape index (κ2) is 9.16. The Morgan fingerprint density at radius 3 is 2.71 bits per heavy atom. The Morgan fingerprint density at radius 2 is 2.00 bits per heavy atom. The van der Waals surface area contributed by atoms with Gasteiger partial charge in [-0.25, -0.2) is 9.78 Å². The molecule has 1 aromatic carbocycles. The van der Waals surface area contributed by atoms with Crippen LogP contribution in [0.25, 0.3) is 22.9 Å². The number of halogens is 1. The third kappa shape index (κ3) is 4.52. The van der Waals surface area contributed by atoms with Gasteiger partial charge in [0.05, 0.1) is 13.7 Å². The zero-order chi connectivity index (χ0) is 21.8. The molecule has 31 heavy (non-hydrogen) atoms. The molecule has 0 unspecified atom stereocenters. The maximum absolute atomic E-state index is 12.8. The number of carbonyl (C=O) groups is 2. The smallest absolute Gasteiger partial charge is 0.330 e. The number of nitrogens with one attached hydrogen (secondary N) is 1. The number of hydrogen-bond acceptors (Lipinski definition) is 5. The molecule has 1 amide bonds. The zero-order valence-corrected chi connectivity index (χ0v) is 18.1. The molecule has 0 spiro atoms. The number of amides is 1. The van der Waals surface area contributed by atoms with E-state index in [-0.39, 0.29) is 16.8 Å². The summed E-state index contributed by atoms with van der Waals surface area (Å²) >= 11 is 8.12. The fraction of sp³-hybridized carbons (Fsp3) is 0.0870. The van der Waals surface area contributed by atoms with Crippen LogP contribution in [0.15, 0.2) is 66.2 Å². The van der Waals surface area contributed by atoms with Gasteiger partial charge >= 0.3 is 5.97 Å². The van der Waals surface area contributed by atoms with Crippen LogP contribution < -0.4 is 5.32 Å². The summed E-state index contributed by atoms with van der Waals surface area (Å²) in [4.78, 5) is 29.9. The predicted molar refractivity (Wildman–Crippen MR) is 122 cm³/mol. The van der Waals surface area contributed by atoms with E-state index >= 15 is 0 Å². The van der Waals surface area contributed by atoms with Crippen LogP contribution in [0.4, 0.5) is 0 Å². The first kappa shape index (κ1) is 20.8. The van der Waals surface area contributed by atoms with E-state index in [4.69, 9.17) is 16.3 Å². The largest absolute Gasteiger partial charge is 0.466 e. The summed E-state index contributed by atoms with van der Waals surface area (Å²) in [5.41, 5.74) is 3.04. The molecule has 1 N–H and O–H groups in total. The minimum absolute atomic E-state index is 0.121. The molecule has 4 aromatic rings. The van der Waals surface area contributed by atoms with Crippen LogP contribution in [-0.2, 0) is 16.1 Å². The highest BCUT2D eigenvalue weighted by atomic mass is 35.5. The summed E-state index contributed by atoms with van der Waals surface area (Å²) in [5.74, 6) is -0.860. The third-order valence-electron chi connectivity index (χ3n) is 4.62. The monoisotopic (exact) mass is 451 g/mol. The second-order valence-electron chi connectivity index (χ2n) is 6.61. The van der Waals surface area contributed by atoms with Gasteiger partial charge < -0.3 is 10.1 Å². The first-order chi connectivity index (χ1) is 15.1. The maximum atomic E-state index is 12.8. The number of ether oxygens (including phenoxy) is 1. The molecule has 8 heteroatoms. The lowest BCUT2D eigenvalue weighted by atomic mass is 10.1. The highest BCUT2D eigenvalue weighted by molar-refractivity contribution is 7.09. The van der Waals surface area contributed by atoms with Gasteiger partial charge in [-0.2, -0.15) is 0 Å². The number of imidazole rings is 1. The van der Waals surface area contributed by atoms with E-state index in [1.54, 1.807) is 21.8 Å². The minimum Gasteiger partial charge on any atom is -0.466 e. The van der Waals surface area contributed by atoms with E-state index in [2.05, 4.69) is 10.3 Å². The van der Waals surface area contributed by atoms with Crippen molar-refractivity contribution in [1.82, 2.24) is 14.7 Å². The number of thiophene rings is 1. The number of nitrogens with zero attached hydrogens (tertiary/aromatic N) is 2. The van der Waals surface area contributed by atoms with Crippen molar-refractivity contribution in [1.29, 1.82) is 0 Å². The molecule has 4 rings (SSSR count). The molecule has 0 atom stereocenters. The van der Waals surface area contributed by atoms with Gasteiger partial charge in [-0.3, -0.25) is 9.20 Å². The van der Waals surface area contributed by atoms with Crippen LogP contribution in [-0.4, -0.2) is 28.4 Å². The van der Waals surface area contributed by atoms with Crippen molar-refractivity contribution in [2.24, 2.45) is 0 Å². The number of esters is 1. The number of aromatic nitrogens is 2. The summed E-state index contributed by atoms with van der Waals surface area (Å²) in [7, 11) is 1.31. The molecular weight excluding hydrogens is 434 g/mol. The van der Waals surface area contributed by atoms with Gasteiger partial charge in [0, 0.05) is 22.7 Å². The highest BCUT2D eigenvalue weighted by Crippen LogP contribution is 2.28. The number of benzene rings is 1. The molecule has 0 bridgehead atoms. The zero-order valence-electron chi connectivity index (χ0n) is 16.5. The number of fused-ring (bicyclic) bond motifs is 1. The van der Waals surface area contributed by atoms with Crippen LogP contribution in [0.3, 0.4) is 0 Å². The first-order valence-corrected chi connectivity index (χ1v) is 10.7. The third-order valence-corrected chi connectivity index (χ3v) is 5.85. The fourth-order valence-corrected chi connectivity index (χ4v) is 3.99. The van der Waals surface area contributed by atoms with Crippen molar-refractivity contribution in [2.45, 2.75) is 6.54 Å². The summed E-state index contributed by atoms with van der Waals surface area (Å²) in [6.07, 6.45) is 4.74. The summed E-state index contributed by atoms with van der Waals surface area (Å²) < 4.78 is 6.34. The molecule has 0 saturated carbocycles. The topological polar surface area (TPSA) is 72.7 Å². The molecule has 0 saturated heterocycles. The van der Waals surface area contributed by atoms with Crippen molar-refractivity contribution in [2.75, 3.05) is 7.11 Å². The molecule has 0 aliphatic heterocycles. The molecule has 0 fully saturated rings. The Morgan fingerprint density at radius 1 is 1.19 bits per heavy atom. The van der Waals surface area contributed by atoms with Crippen LogP contribution in [0.1, 0.15) is 20.9 Å². The maximum Gasteiger partial charge on any atom is 0.330 e. The van der Waals surface area contributed by atoms with Gasteiger partial charge in [0.15, 0.2) is 5.69 Å². The average molecular weight is 452 g/mol. The lowest BCUT2D eigenvalue weighted by molar-refractivity contribution is -0.134. The van der Waals surface area contributed by atoms with Crippen molar-refractivity contribution in [3.05, 3.63) is 87.5 Å². The Kier molecular flexibility index (Phi) is 6.16. The summed E-state index contributed by atoms with van der Waals surface area (Å²) in [6.45, 7) is 0.394. The van der Waals surface area contributed by atoms with Crippen molar-refractivity contribution >= 4 is 46.5 Å². The van der Waals surface area contributed by atoms with E-state index in [1.807, 2.05) is 60.1 Å². The van der Waals surface area contributed by atoms with E-state index in [1.165, 1.54) is 13.2 Å². The number of pyridine rings is 1. The van der Waals surface area contributed by atoms with E-state index in [0.717, 1.165) is 16.0 Å². The standard InChI is InChI=1S/C23H18ClN3O3S/c1-30-19(28)10-9-16-12-17(15-6-3-2-4-7-15)14-27-21(24)20(26-22(16)27)23(29)25-13-18-8-5-11-31-18/h2-12,14H,13H2,1H3,(H,25,29). The average Bonchev–Trinajstić information content (AvgIpc) is 3.44. The van der Waals surface area contributed by atoms with Gasteiger partial charge in [-0.05, 0) is 34.7 Å². The molecule has 3 aromatic heterocycles. The second-order valence-corrected chi connectivity index (χ2v) is 8.00. The SMILES string of the molecule is COC(=O)C=Cc1cc(-c2ccccc2)cn2c(Cl)c(C(=O)NCc3cccs3)nc12. The quantitative estimate of drug-likeness (QED) is 0.336. The van der Waals surface area contributed by atoms with Crippen LogP contribution in [0, 0.1) is 0 Å². The van der Waals surface area contributed by atoms with Gasteiger partial charge in [0.1, 0.15) is 10.8 Å². The number of carbonyl (C=O) groups excluding carboxylic acids is 2. The van der Waals surface area contributed by atoms with E-state index in [0.29, 0.717) is 17.8 Å². The molecule has 0 radical (unpaired) electrons. The molecule has 0 aliphatic rings. The summed E-state index contributed by atoms with van der Waals surface area (Å²) in [6, 6.07) is 15.5. The number of hydrogen-bond donors (Lipinski definition) is 1. The van der Waals surface area contributed by atoms with Gasteiger partial charge in [0.25, 0.3) is 5.91 Å². The Hall–Kier alpha value is -3.42. The number of rotatable bonds is 6.